The number of aliphatic hydroxyl groups is 3. The lowest BCUT2D eigenvalue weighted by Gasteiger charge is -2.20. The van der Waals surface area contributed by atoms with Crippen molar-refractivity contribution in [2.45, 2.75) is 51.4 Å². The normalized spacial score (nSPS) is 17.8. The van der Waals surface area contributed by atoms with Gasteiger partial charge in [0.05, 0.1) is 24.9 Å². The van der Waals surface area contributed by atoms with E-state index in [-0.39, 0.29) is 19.3 Å². The van der Waals surface area contributed by atoms with Crippen molar-refractivity contribution in [1.82, 2.24) is 0 Å². The maximum Gasteiger partial charge on any atom is 0.0807 e. The summed E-state index contributed by atoms with van der Waals surface area (Å²) in [6.45, 7) is 3.84. The SMILES string of the molecule is CC(O)COC(C)C(O)CCCCO. The van der Waals surface area contributed by atoms with Gasteiger partial charge in [-0.2, -0.15) is 0 Å². The summed E-state index contributed by atoms with van der Waals surface area (Å²) in [5, 5.41) is 27.1. The Bertz CT molecular complexity index is 127. The van der Waals surface area contributed by atoms with Gasteiger partial charge in [-0.05, 0) is 33.1 Å². The lowest BCUT2D eigenvalue weighted by molar-refractivity contribution is -0.0568. The van der Waals surface area contributed by atoms with Crippen LogP contribution in [0.3, 0.4) is 0 Å². The van der Waals surface area contributed by atoms with E-state index in [1.807, 2.05) is 0 Å². The van der Waals surface area contributed by atoms with Crippen molar-refractivity contribution in [3.05, 3.63) is 0 Å². The number of ether oxygens (including phenoxy) is 1. The van der Waals surface area contributed by atoms with E-state index >= 15 is 0 Å². The maximum absolute atomic E-state index is 9.57. The van der Waals surface area contributed by atoms with Gasteiger partial charge in [0.2, 0.25) is 0 Å². The molecule has 0 aliphatic rings. The summed E-state index contributed by atoms with van der Waals surface area (Å²) < 4.78 is 5.23. The molecule has 4 nitrogen and oxygen atoms in total. The van der Waals surface area contributed by atoms with Gasteiger partial charge in [-0.25, -0.2) is 0 Å². The van der Waals surface area contributed by atoms with Gasteiger partial charge in [0, 0.05) is 6.61 Å². The van der Waals surface area contributed by atoms with Crippen LogP contribution in [0.2, 0.25) is 0 Å². The molecule has 3 unspecified atom stereocenters. The van der Waals surface area contributed by atoms with Gasteiger partial charge in [0.15, 0.2) is 0 Å². The molecule has 0 bridgehead atoms. The Labute approximate surface area is 85.5 Å². The van der Waals surface area contributed by atoms with Crippen LogP contribution >= 0.6 is 0 Å². The Hall–Kier alpha value is -0.160. The summed E-state index contributed by atoms with van der Waals surface area (Å²) in [6.07, 6.45) is 0.854. The zero-order valence-electron chi connectivity index (χ0n) is 9.02. The summed E-state index contributed by atoms with van der Waals surface area (Å²) in [4.78, 5) is 0. The highest BCUT2D eigenvalue weighted by Gasteiger charge is 2.14. The van der Waals surface area contributed by atoms with Crippen LogP contribution < -0.4 is 0 Å². The van der Waals surface area contributed by atoms with Crippen LogP contribution in [0, 0.1) is 0 Å². The fourth-order valence-electron chi connectivity index (χ4n) is 1.10. The Balaban J connectivity index is 3.49. The van der Waals surface area contributed by atoms with E-state index in [9.17, 15) is 5.11 Å². The lowest BCUT2D eigenvalue weighted by atomic mass is 10.1. The minimum Gasteiger partial charge on any atom is -0.396 e. The van der Waals surface area contributed by atoms with Crippen molar-refractivity contribution in [3.8, 4) is 0 Å². The van der Waals surface area contributed by atoms with Gasteiger partial charge in [-0.3, -0.25) is 0 Å². The molecular weight excluding hydrogens is 184 g/mol. The molecule has 3 N–H and O–H groups in total. The van der Waals surface area contributed by atoms with Crippen LogP contribution in [0.25, 0.3) is 0 Å². The highest BCUT2D eigenvalue weighted by molar-refractivity contribution is 4.64. The molecule has 4 heteroatoms. The van der Waals surface area contributed by atoms with Crippen molar-refractivity contribution >= 4 is 0 Å². The lowest BCUT2D eigenvalue weighted by Crippen LogP contribution is -2.28. The largest absolute Gasteiger partial charge is 0.396 e. The molecule has 0 aliphatic carbocycles. The predicted octanol–water partition coefficient (Wildman–Crippen LogP) is 0.296. The fourth-order valence-corrected chi connectivity index (χ4v) is 1.10. The van der Waals surface area contributed by atoms with Gasteiger partial charge < -0.3 is 20.1 Å². The van der Waals surface area contributed by atoms with E-state index in [2.05, 4.69) is 0 Å². The van der Waals surface area contributed by atoms with Gasteiger partial charge in [0.1, 0.15) is 0 Å². The summed E-state index contributed by atoms with van der Waals surface area (Å²) >= 11 is 0. The molecule has 0 aliphatic heterocycles. The molecule has 0 saturated heterocycles. The Kier molecular flexibility index (Phi) is 8.08. The molecule has 0 amide bonds. The van der Waals surface area contributed by atoms with Gasteiger partial charge in [0.25, 0.3) is 0 Å². The summed E-state index contributed by atoms with van der Waals surface area (Å²) in [7, 11) is 0. The van der Waals surface area contributed by atoms with Gasteiger partial charge in [-0.1, -0.05) is 0 Å². The third-order valence-electron chi connectivity index (χ3n) is 2.05. The minimum absolute atomic E-state index is 0.162. The van der Waals surface area contributed by atoms with Gasteiger partial charge in [-0.15, -0.1) is 0 Å². The van der Waals surface area contributed by atoms with E-state index in [1.165, 1.54) is 0 Å². The van der Waals surface area contributed by atoms with Crippen molar-refractivity contribution in [2.24, 2.45) is 0 Å². The van der Waals surface area contributed by atoms with E-state index in [1.54, 1.807) is 13.8 Å². The van der Waals surface area contributed by atoms with E-state index < -0.39 is 12.2 Å². The second-order valence-corrected chi connectivity index (χ2v) is 3.67. The van der Waals surface area contributed by atoms with Crippen molar-refractivity contribution in [2.75, 3.05) is 13.2 Å². The third kappa shape index (κ3) is 7.26. The Morgan fingerprint density at radius 1 is 1.14 bits per heavy atom. The molecule has 0 rings (SSSR count). The zero-order valence-corrected chi connectivity index (χ0v) is 9.02. The van der Waals surface area contributed by atoms with Crippen molar-refractivity contribution < 1.29 is 20.1 Å². The molecule has 14 heavy (non-hydrogen) atoms. The standard InChI is InChI=1S/C10H22O4/c1-8(12)7-14-9(2)10(13)5-3-4-6-11/h8-13H,3-7H2,1-2H3. The highest BCUT2D eigenvalue weighted by atomic mass is 16.5. The molecule has 0 saturated carbocycles. The first-order valence-corrected chi connectivity index (χ1v) is 5.16. The smallest absolute Gasteiger partial charge is 0.0807 e. The van der Waals surface area contributed by atoms with Crippen LogP contribution in [0.5, 0.6) is 0 Å². The molecule has 0 heterocycles. The summed E-state index contributed by atoms with van der Waals surface area (Å²) in [5.74, 6) is 0. The van der Waals surface area contributed by atoms with Crippen molar-refractivity contribution in [3.63, 3.8) is 0 Å². The van der Waals surface area contributed by atoms with Crippen LogP contribution in [-0.4, -0.2) is 46.8 Å². The minimum atomic E-state index is -0.514. The molecule has 0 spiro atoms. The fraction of sp³-hybridized carbons (Fsp3) is 1.00. The molecule has 0 aromatic heterocycles. The van der Waals surface area contributed by atoms with Crippen LogP contribution in [0.1, 0.15) is 33.1 Å². The summed E-state index contributed by atoms with van der Waals surface area (Å²) in [5.41, 5.74) is 0. The molecule has 3 atom stereocenters. The average molecular weight is 206 g/mol. The topological polar surface area (TPSA) is 69.9 Å². The monoisotopic (exact) mass is 206 g/mol. The van der Waals surface area contributed by atoms with Crippen LogP contribution in [0.15, 0.2) is 0 Å². The predicted molar refractivity (Wildman–Crippen MR) is 54.0 cm³/mol. The first-order chi connectivity index (χ1) is 6.57. The molecule has 86 valence electrons. The number of hydrogen-bond donors (Lipinski definition) is 3. The quantitative estimate of drug-likeness (QED) is 0.499. The second kappa shape index (κ2) is 8.17. The molecule has 0 aromatic rings. The Morgan fingerprint density at radius 3 is 2.29 bits per heavy atom. The van der Waals surface area contributed by atoms with E-state index in [0.29, 0.717) is 12.8 Å². The highest BCUT2D eigenvalue weighted by Crippen LogP contribution is 2.07. The molecular formula is C10H22O4. The average Bonchev–Trinajstić information content (AvgIpc) is 2.14. The van der Waals surface area contributed by atoms with Crippen LogP contribution in [0.4, 0.5) is 0 Å². The number of hydrogen-bond acceptors (Lipinski definition) is 4. The third-order valence-corrected chi connectivity index (χ3v) is 2.05. The molecule has 0 aromatic carbocycles. The van der Waals surface area contributed by atoms with E-state index in [0.717, 1.165) is 6.42 Å². The summed E-state index contributed by atoms with van der Waals surface area (Å²) in [6, 6.07) is 0. The van der Waals surface area contributed by atoms with Crippen LogP contribution in [-0.2, 0) is 4.74 Å². The van der Waals surface area contributed by atoms with E-state index in [4.69, 9.17) is 14.9 Å². The number of unbranched alkanes of at least 4 members (excludes halogenated alkanes) is 1. The first kappa shape index (κ1) is 13.8. The second-order valence-electron chi connectivity index (χ2n) is 3.67. The zero-order chi connectivity index (χ0) is 11.0. The van der Waals surface area contributed by atoms with Crippen molar-refractivity contribution in [1.29, 1.82) is 0 Å². The maximum atomic E-state index is 9.57. The number of aliphatic hydroxyl groups excluding tert-OH is 3. The first-order valence-electron chi connectivity index (χ1n) is 5.16. The molecule has 0 radical (unpaired) electrons. The van der Waals surface area contributed by atoms with Gasteiger partial charge >= 0.3 is 0 Å². The molecule has 0 fully saturated rings. The Morgan fingerprint density at radius 2 is 1.79 bits per heavy atom. The number of rotatable bonds is 8.